The molecule has 1 aromatic heterocycles. The van der Waals surface area contributed by atoms with Gasteiger partial charge in [0, 0.05) is 11.9 Å². The van der Waals surface area contributed by atoms with E-state index in [1.807, 2.05) is 0 Å². The molecule has 2 rings (SSSR count). The fraction of sp³-hybridized carbons (Fsp3) is 0.500. The number of rotatable bonds is 2. The van der Waals surface area contributed by atoms with Crippen LogP contribution in [0.5, 0.6) is 0 Å². The third kappa shape index (κ3) is 2.30. The highest BCUT2D eigenvalue weighted by Gasteiger charge is 2.27. The Hall–Kier alpha value is -0.660. The normalized spacial score (nSPS) is 25.7. The molecule has 5 nitrogen and oxygen atoms in total. The molecule has 15 heavy (non-hydrogen) atoms. The highest BCUT2D eigenvalue weighted by atomic mass is 32.2. The Balaban J connectivity index is 2.20. The molecule has 1 unspecified atom stereocenters. The van der Waals surface area contributed by atoms with Gasteiger partial charge in [-0.1, -0.05) is 0 Å². The van der Waals surface area contributed by atoms with Crippen LogP contribution >= 0.6 is 23.5 Å². The molecule has 0 amide bonds. The zero-order valence-corrected chi connectivity index (χ0v) is 9.50. The summed E-state index contributed by atoms with van der Waals surface area (Å²) in [6, 6.07) is 1.61. The zero-order valence-electron chi connectivity index (χ0n) is 7.87. The van der Waals surface area contributed by atoms with Crippen molar-refractivity contribution >= 4 is 29.3 Å². The monoisotopic (exact) mass is 245 g/mol. The van der Waals surface area contributed by atoms with Crippen molar-refractivity contribution in [3.63, 3.8) is 0 Å². The van der Waals surface area contributed by atoms with Gasteiger partial charge in [0.1, 0.15) is 5.82 Å². The topological polar surface area (TPSA) is 81.1 Å². The van der Waals surface area contributed by atoms with Crippen molar-refractivity contribution in [2.75, 3.05) is 18.1 Å². The van der Waals surface area contributed by atoms with Crippen molar-refractivity contribution in [1.29, 1.82) is 0 Å². The van der Waals surface area contributed by atoms with E-state index in [1.165, 1.54) is 0 Å². The second-order valence-electron chi connectivity index (χ2n) is 3.08. The largest absolute Gasteiger partial charge is 0.394 e. The minimum absolute atomic E-state index is 0.0488. The Kier molecular flexibility index (Phi) is 3.22. The lowest BCUT2D eigenvalue weighted by Crippen LogP contribution is -2.25. The van der Waals surface area contributed by atoms with Gasteiger partial charge in [0.05, 0.1) is 16.6 Å². The average molecular weight is 245 g/mol. The molecule has 1 aliphatic rings. The number of nitrogen functional groups attached to an aromatic ring is 1. The smallest absolute Gasteiger partial charge is 0.350 e. The summed E-state index contributed by atoms with van der Waals surface area (Å²) in [5.41, 5.74) is 5.08. The number of nitrogens with zero attached hydrogens (tertiary/aromatic N) is 2. The van der Waals surface area contributed by atoms with Crippen LogP contribution in [0.1, 0.15) is 5.37 Å². The van der Waals surface area contributed by atoms with Crippen molar-refractivity contribution in [2.24, 2.45) is 0 Å². The molecule has 82 valence electrons. The van der Waals surface area contributed by atoms with E-state index in [2.05, 4.69) is 4.98 Å². The lowest BCUT2D eigenvalue weighted by molar-refractivity contribution is 0.316. The van der Waals surface area contributed by atoms with Gasteiger partial charge in [-0.15, -0.1) is 23.5 Å². The number of thioether (sulfide) groups is 2. The minimum atomic E-state index is -0.327. The van der Waals surface area contributed by atoms with Crippen LogP contribution in [0.3, 0.4) is 0 Å². The van der Waals surface area contributed by atoms with E-state index in [4.69, 9.17) is 10.8 Å². The number of aromatic nitrogens is 2. The number of nitrogens with two attached hydrogens (primary N) is 1. The predicted octanol–water partition coefficient (Wildman–Crippen LogP) is 0.122. The molecule has 0 bridgehead atoms. The van der Waals surface area contributed by atoms with Gasteiger partial charge < -0.3 is 10.8 Å². The first-order valence-electron chi connectivity index (χ1n) is 4.43. The maximum Gasteiger partial charge on any atom is 0.350 e. The van der Waals surface area contributed by atoms with E-state index in [-0.39, 0.29) is 28.1 Å². The van der Waals surface area contributed by atoms with Gasteiger partial charge >= 0.3 is 5.69 Å². The quantitative estimate of drug-likeness (QED) is 0.770. The van der Waals surface area contributed by atoms with Crippen LogP contribution in [0.2, 0.25) is 0 Å². The fourth-order valence-electron chi connectivity index (χ4n) is 1.33. The molecule has 7 heteroatoms. The highest BCUT2D eigenvalue weighted by Crippen LogP contribution is 2.43. The maximum atomic E-state index is 11.5. The minimum Gasteiger partial charge on any atom is -0.394 e. The summed E-state index contributed by atoms with van der Waals surface area (Å²) in [6.45, 7) is 0.128. The fourth-order valence-corrected chi connectivity index (χ4v) is 4.19. The van der Waals surface area contributed by atoms with Gasteiger partial charge in [0.15, 0.2) is 0 Å². The van der Waals surface area contributed by atoms with E-state index in [0.29, 0.717) is 0 Å². The average Bonchev–Trinajstić information content (AvgIpc) is 2.66. The van der Waals surface area contributed by atoms with Crippen LogP contribution in [0.15, 0.2) is 17.1 Å². The molecule has 2 heterocycles. The van der Waals surface area contributed by atoms with Crippen molar-refractivity contribution in [3.8, 4) is 0 Å². The summed E-state index contributed by atoms with van der Waals surface area (Å²) >= 11 is 3.23. The van der Waals surface area contributed by atoms with Gasteiger partial charge in [0.25, 0.3) is 0 Å². The molecular weight excluding hydrogens is 234 g/mol. The standard InChI is InChI=1S/C8H11N3O2S2/c9-5-1-2-11(8(13)10-5)6-4-14-7(3-12)15-6/h1-2,6-7,12H,3-4H2,(H2,9,10,13)/t6-,7?/m0/s1. The zero-order chi connectivity index (χ0) is 10.8. The first-order chi connectivity index (χ1) is 7.20. The molecule has 0 saturated carbocycles. The second kappa shape index (κ2) is 4.46. The van der Waals surface area contributed by atoms with E-state index in [1.54, 1.807) is 40.4 Å². The third-order valence-electron chi connectivity index (χ3n) is 2.04. The van der Waals surface area contributed by atoms with Crippen molar-refractivity contribution in [2.45, 2.75) is 9.96 Å². The van der Waals surface area contributed by atoms with E-state index in [0.717, 1.165) is 5.75 Å². The summed E-state index contributed by atoms with van der Waals surface area (Å²) in [6.07, 6.45) is 1.66. The van der Waals surface area contributed by atoms with Crippen LogP contribution in [0.4, 0.5) is 5.82 Å². The number of hydrogen-bond acceptors (Lipinski definition) is 6. The van der Waals surface area contributed by atoms with Gasteiger partial charge in [-0.25, -0.2) is 4.79 Å². The Morgan fingerprint density at radius 3 is 3.13 bits per heavy atom. The van der Waals surface area contributed by atoms with E-state index < -0.39 is 0 Å². The van der Waals surface area contributed by atoms with Crippen LogP contribution in [0.25, 0.3) is 0 Å². The Bertz CT molecular complexity index is 409. The Morgan fingerprint density at radius 1 is 1.73 bits per heavy atom. The van der Waals surface area contributed by atoms with Gasteiger partial charge in [-0.2, -0.15) is 4.98 Å². The highest BCUT2D eigenvalue weighted by molar-refractivity contribution is 8.20. The first-order valence-corrected chi connectivity index (χ1v) is 6.42. The van der Waals surface area contributed by atoms with Crippen molar-refractivity contribution < 1.29 is 5.11 Å². The molecule has 1 saturated heterocycles. The van der Waals surface area contributed by atoms with Crippen molar-refractivity contribution in [1.82, 2.24) is 9.55 Å². The molecule has 1 fully saturated rings. The molecular formula is C8H11N3O2S2. The van der Waals surface area contributed by atoms with Gasteiger partial charge in [-0.3, -0.25) is 4.57 Å². The van der Waals surface area contributed by atoms with Crippen LogP contribution in [-0.4, -0.2) is 31.6 Å². The summed E-state index contributed by atoms with van der Waals surface area (Å²) in [4.78, 5) is 15.2. The molecule has 0 aliphatic carbocycles. The van der Waals surface area contributed by atoms with E-state index in [9.17, 15) is 4.79 Å². The first kappa shape index (κ1) is 10.8. The third-order valence-corrected chi connectivity index (χ3v) is 5.19. The van der Waals surface area contributed by atoms with Gasteiger partial charge in [-0.05, 0) is 6.07 Å². The molecule has 0 aromatic carbocycles. The van der Waals surface area contributed by atoms with Crippen molar-refractivity contribution in [3.05, 3.63) is 22.7 Å². The predicted molar refractivity (Wildman–Crippen MR) is 62.9 cm³/mol. The molecule has 0 spiro atoms. The second-order valence-corrected chi connectivity index (χ2v) is 6.00. The number of anilines is 1. The number of hydrogen-bond donors (Lipinski definition) is 2. The lowest BCUT2D eigenvalue weighted by atomic mass is 10.5. The number of aliphatic hydroxyl groups excluding tert-OH is 1. The molecule has 0 radical (unpaired) electrons. The maximum absolute atomic E-state index is 11.5. The molecule has 1 aromatic rings. The summed E-state index contributed by atoms with van der Waals surface area (Å²) in [5, 5.41) is 9.03. The SMILES string of the molecule is Nc1ccn([C@@H]2CSC(CO)S2)c(=O)n1. The summed E-state index contributed by atoms with van der Waals surface area (Å²) in [7, 11) is 0. The molecule has 2 atom stereocenters. The van der Waals surface area contributed by atoms with Crippen LogP contribution in [0, 0.1) is 0 Å². The van der Waals surface area contributed by atoms with Crippen LogP contribution < -0.4 is 11.4 Å². The van der Waals surface area contributed by atoms with E-state index >= 15 is 0 Å². The summed E-state index contributed by atoms with van der Waals surface area (Å²) in [5.74, 6) is 1.05. The molecule has 1 aliphatic heterocycles. The Labute approximate surface area is 95.1 Å². The number of aliphatic hydroxyl groups is 1. The Morgan fingerprint density at radius 2 is 2.53 bits per heavy atom. The lowest BCUT2D eigenvalue weighted by Gasteiger charge is -2.11. The van der Waals surface area contributed by atoms with Gasteiger partial charge in [0.2, 0.25) is 0 Å². The summed E-state index contributed by atoms with van der Waals surface area (Å²) < 4.78 is 1.71. The van der Waals surface area contributed by atoms with Crippen LogP contribution in [-0.2, 0) is 0 Å². The molecule has 3 N–H and O–H groups in total.